The predicted octanol–water partition coefficient (Wildman–Crippen LogP) is -1.91. The summed E-state index contributed by atoms with van der Waals surface area (Å²) in [7, 11) is 0. The smallest absolute Gasteiger partial charge is 0 e. The molecule has 0 atom stereocenters. The van der Waals surface area contributed by atoms with E-state index in [0.717, 1.165) is 0 Å². The molecule has 0 aromatic heterocycles. The van der Waals surface area contributed by atoms with Crippen LogP contribution in [-0.4, -0.2) is 99.0 Å². The fraction of sp³-hybridized carbons (Fsp3) is 0. The second-order valence-corrected chi connectivity index (χ2v) is 0. The minimum Gasteiger partial charge on any atom is 0 e. The molecule has 0 aromatic rings. The van der Waals surface area contributed by atoms with Crippen LogP contribution in [0.3, 0.4) is 0 Å². The van der Waals surface area contributed by atoms with E-state index in [1.165, 1.54) is 0 Å². The van der Waals surface area contributed by atoms with E-state index in [9.17, 15) is 0 Å². The van der Waals surface area contributed by atoms with Crippen LogP contribution in [-0.2, 0) is 51.2 Å². The van der Waals surface area contributed by atoms with Gasteiger partial charge in [0, 0.05) is 150 Å². The van der Waals surface area contributed by atoms with Crippen molar-refractivity contribution >= 4 is 99.0 Å². The van der Waals surface area contributed by atoms with Crippen LogP contribution in [0.2, 0.25) is 0 Å². The number of hydrogen-bond donors (Lipinski definition) is 0. The molecule has 0 rings (SSSR count). The standard InChI is InChI=1S/5Ga.3Mn. The van der Waals surface area contributed by atoms with Gasteiger partial charge in [-0.15, -0.1) is 0 Å². The maximum atomic E-state index is 0. The van der Waals surface area contributed by atoms with Gasteiger partial charge in [0.05, 0.1) is 0 Å². The second kappa shape index (κ2) is 60.3. The molecule has 8 heteroatoms. The molecule has 18 radical (unpaired) electrons. The van der Waals surface area contributed by atoms with Crippen LogP contribution in [0.4, 0.5) is 0 Å². The Morgan fingerprint density at radius 3 is 0.250 bits per heavy atom. The molecule has 0 amide bonds. The van der Waals surface area contributed by atoms with Gasteiger partial charge >= 0.3 is 0 Å². The average Bonchev–Trinajstić information content (AvgIpc) is 0. The SMILES string of the molecule is [Ga].[Ga].[Ga].[Ga].[Ga].[Mn].[Mn].[Mn]. The summed E-state index contributed by atoms with van der Waals surface area (Å²) in [6.45, 7) is 0. The van der Waals surface area contributed by atoms with Crippen LogP contribution in [0.25, 0.3) is 0 Å². The monoisotopic (exact) mass is 509 g/mol. The van der Waals surface area contributed by atoms with Crippen LogP contribution < -0.4 is 0 Å². The molecule has 0 aliphatic carbocycles. The summed E-state index contributed by atoms with van der Waals surface area (Å²) in [4.78, 5) is 0. The van der Waals surface area contributed by atoms with Gasteiger partial charge in [0.2, 0.25) is 0 Å². The van der Waals surface area contributed by atoms with Crippen LogP contribution >= 0.6 is 0 Å². The summed E-state index contributed by atoms with van der Waals surface area (Å²) < 4.78 is 0. The summed E-state index contributed by atoms with van der Waals surface area (Å²) in [6, 6.07) is 0. The fourth-order valence-corrected chi connectivity index (χ4v) is 0. The van der Waals surface area contributed by atoms with Crippen molar-refractivity contribution in [2.75, 3.05) is 0 Å². The third-order valence-corrected chi connectivity index (χ3v) is 0. The molecule has 0 saturated heterocycles. The van der Waals surface area contributed by atoms with Gasteiger partial charge < -0.3 is 0 Å². The Labute approximate surface area is 147 Å². The summed E-state index contributed by atoms with van der Waals surface area (Å²) in [5.74, 6) is 0. The summed E-state index contributed by atoms with van der Waals surface area (Å²) in [6.07, 6.45) is 0. The quantitative estimate of drug-likeness (QED) is 0.332. The van der Waals surface area contributed by atoms with E-state index in [-0.39, 0.29) is 150 Å². The Bertz CT molecular complexity index is 7.64. The van der Waals surface area contributed by atoms with Crippen molar-refractivity contribution < 1.29 is 51.2 Å². The molecule has 0 N–H and O–H groups in total. The molecular weight excluding hydrogens is 513 g/mol. The van der Waals surface area contributed by atoms with Crippen molar-refractivity contribution in [1.82, 2.24) is 0 Å². The molecule has 0 nitrogen and oxygen atoms in total. The molecule has 8 heavy (non-hydrogen) atoms. The minimum atomic E-state index is 0. The van der Waals surface area contributed by atoms with Gasteiger partial charge in [0.15, 0.2) is 0 Å². The van der Waals surface area contributed by atoms with Crippen molar-refractivity contribution in [1.29, 1.82) is 0 Å². The molecule has 0 fully saturated rings. The van der Waals surface area contributed by atoms with Gasteiger partial charge in [-0.25, -0.2) is 0 Å². The van der Waals surface area contributed by atoms with Gasteiger partial charge in [0.1, 0.15) is 0 Å². The largest absolute Gasteiger partial charge is 0 e. The van der Waals surface area contributed by atoms with Crippen molar-refractivity contribution in [2.45, 2.75) is 0 Å². The fourth-order valence-electron chi connectivity index (χ4n) is 0. The second-order valence-electron chi connectivity index (χ2n) is 0. The molecule has 0 aromatic carbocycles. The van der Waals surface area contributed by atoms with E-state index in [2.05, 4.69) is 0 Å². The molecule has 36 valence electrons. The van der Waals surface area contributed by atoms with Gasteiger partial charge in [-0.2, -0.15) is 0 Å². The van der Waals surface area contributed by atoms with Gasteiger partial charge in [-0.1, -0.05) is 0 Å². The van der Waals surface area contributed by atoms with E-state index < -0.39 is 0 Å². The number of hydrogen-bond acceptors (Lipinski definition) is 0. The predicted molar refractivity (Wildman–Crippen MR) is 28.8 cm³/mol. The van der Waals surface area contributed by atoms with E-state index in [1.54, 1.807) is 0 Å². The van der Waals surface area contributed by atoms with Crippen molar-refractivity contribution in [3.63, 3.8) is 0 Å². The molecule has 0 aliphatic heterocycles. The Morgan fingerprint density at radius 1 is 0.250 bits per heavy atom. The molecule has 0 aliphatic rings. The maximum Gasteiger partial charge on any atom is 0 e. The van der Waals surface area contributed by atoms with E-state index in [1.807, 2.05) is 0 Å². The van der Waals surface area contributed by atoms with Crippen molar-refractivity contribution in [3.8, 4) is 0 Å². The van der Waals surface area contributed by atoms with Gasteiger partial charge in [0.25, 0.3) is 0 Å². The molecule has 0 heterocycles. The van der Waals surface area contributed by atoms with Crippen LogP contribution in [0, 0.1) is 0 Å². The van der Waals surface area contributed by atoms with E-state index in [0.29, 0.717) is 0 Å². The third-order valence-electron chi connectivity index (χ3n) is 0. The van der Waals surface area contributed by atoms with E-state index >= 15 is 0 Å². The zero-order valence-electron chi connectivity index (χ0n) is 4.02. The first-order chi connectivity index (χ1) is 0. The summed E-state index contributed by atoms with van der Waals surface area (Å²) in [5, 5.41) is 0. The van der Waals surface area contributed by atoms with Gasteiger partial charge in [-0.05, 0) is 0 Å². The normalized spacial score (nSPS) is 0. The topological polar surface area (TPSA) is 0 Å². The molecule has 0 unspecified atom stereocenters. The molecule has 0 bridgehead atoms. The zero-order valence-corrected chi connectivity index (χ0v) is 19.7. The van der Waals surface area contributed by atoms with Crippen LogP contribution in [0.5, 0.6) is 0 Å². The molecule has 0 spiro atoms. The van der Waals surface area contributed by atoms with E-state index in [4.69, 9.17) is 0 Å². The average molecular weight is 513 g/mol. The Hall–Kier alpha value is 4.74. The van der Waals surface area contributed by atoms with Crippen molar-refractivity contribution in [2.24, 2.45) is 0 Å². The maximum absolute atomic E-state index is 0. The molecule has 0 saturated carbocycles. The first-order valence-electron chi connectivity index (χ1n) is 0. The number of rotatable bonds is 0. The first kappa shape index (κ1) is 78.2. The minimum absolute atomic E-state index is 0. The Kier molecular flexibility index (Phi) is 589. The Balaban J connectivity index is 0. The molecular formula is Ga5Mn3. The summed E-state index contributed by atoms with van der Waals surface area (Å²) >= 11 is 0. The van der Waals surface area contributed by atoms with Crippen LogP contribution in [0.1, 0.15) is 0 Å². The third kappa shape index (κ3) is 45.3. The Morgan fingerprint density at radius 2 is 0.250 bits per heavy atom. The van der Waals surface area contributed by atoms with Crippen LogP contribution in [0.15, 0.2) is 0 Å². The first-order valence-corrected chi connectivity index (χ1v) is 0. The summed E-state index contributed by atoms with van der Waals surface area (Å²) in [5.41, 5.74) is 0. The van der Waals surface area contributed by atoms with Crippen molar-refractivity contribution in [3.05, 3.63) is 0 Å². The zero-order chi connectivity index (χ0) is 0. The van der Waals surface area contributed by atoms with Gasteiger partial charge in [-0.3, -0.25) is 0 Å².